The lowest BCUT2D eigenvalue weighted by molar-refractivity contribution is -0.142. The van der Waals surface area contributed by atoms with Crippen LogP contribution in [0.15, 0.2) is 18.2 Å². The average molecular weight is 533 g/mol. The molecule has 2 amide bonds. The number of amides is 2. The van der Waals surface area contributed by atoms with Crippen LogP contribution < -0.4 is 0 Å². The van der Waals surface area contributed by atoms with Gasteiger partial charge >= 0.3 is 18.2 Å². The van der Waals surface area contributed by atoms with E-state index in [2.05, 4.69) is 0 Å². The zero-order chi connectivity index (χ0) is 28.8. The number of carbonyl (C=O) groups is 4. The molecule has 0 saturated carbocycles. The Morgan fingerprint density at radius 3 is 1.66 bits per heavy atom. The Morgan fingerprint density at radius 1 is 0.816 bits per heavy atom. The third-order valence-electron chi connectivity index (χ3n) is 6.41. The lowest BCUT2D eigenvalue weighted by atomic mass is 9.95. The Bertz CT molecular complexity index is 1000. The molecule has 0 radical (unpaired) electrons. The van der Waals surface area contributed by atoms with Crippen LogP contribution in [0.3, 0.4) is 0 Å². The molecule has 2 fully saturated rings. The molecule has 3 rings (SSSR count). The zero-order valence-corrected chi connectivity index (χ0v) is 24.1. The topological polar surface area (TPSA) is 113 Å². The summed E-state index contributed by atoms with van der Waals surface area (Å²) >= 11 is 0. The predicted octanol–water partition coefficient (Wildman–Crippen LogP) is 5.29. The van der Waals surface area contributed by atoms with Crippen molar-refractivity contribution in [2.45, 2.75) is 111 Å². The quantitative estimate of drug-likeness (QED) is 0.561. The molecule has 2 atom stereocenters. The molecule has 0 bridgehead atoms. The molecule has 1 aromatic carbocycles. The summed E-state index contributed by atoms with van der Waals surface area (Å²) in [7, 11) is 0. The maximum atomic E-state index is 12.8. The summed E-state index contributed by atoms with van der Waals surface area (Å²) in [5.41, 5.74) is 2.21. The maximum Gasteiger partial charge on any atom is 0.411 e. The van der Waals surface area contributed by atoms with Crippen LogP contribution in [-0.2, 0) is 25.5 Å². The van der Waals surface area contributed by atoms with Gasteiger partial charge in [-0.15, -0.1) is 0 Å². The summed E-state index contributed by atoms with van der Waals surface area (Å²) in [6.07, 6.45) is 2.26. The fourth-order valence-electron chi connectivity index (χ4n) is 4.62. The highest BCUT2D eigenvalue weighted by Crippen LogP contribution is 2.24. The van der Waals surface area contributed by atoms with Crippen molar-refractivity contribution in [1.29, 1.82) is 0 Å². The largest absolute Gasteiger partial charge is 0.480 e. The van der Waals surface area contributed by atoms with E-state index in [1.807, 2.05) is 52.8 Å². The number of aryl methyl sites for hydroxylation is 2. The molecule has 212 valence electrons. The Hall–Kier alpha value is -3.10. The van der Waals surface area contributed by atoms with Gasteiger partial charge in [-0.2, -0.15) is 0 Å². The molecule has 0 spiro atoms. The lowest BCUT2D eigenvalue weighted by Crippen LogP contribution is -2.43. The number of benzene rings is 1. The Kier molecular flexibility index (Phi) is 10.3. The maximum absolute atomic E-state index is 12.8. The van der Waals surface area contributed by atoms with E-state index >= 15 is 0 Å². The van der Waals surface area contributed by atoms with Gasteiger partial charge in [-0.1, -0.05) is 18.2 Å². The van der Waals surface area contributed by atoms with E-state index in [1.165, 1.54) is 4.90 Å². The number of Topliss-reactive ketones (excluding diaryl/α,β-unsaturated/α-hetero) is 1. The standard InChI is InChI=1S/C19H27NO3.C10H17NO4/c1-13-8-6-9-14(2)15(13)12-17(21)16-10-7-11-20(16)18(22)23-19(3,4)5;1-10(2,3)15-9(14)11-6-4-5-7(11)8(12)13/h6,8-9,16H,7,10-12H2,1-5H3;7H,4-6H2,1-3H3,(H,12,13). The Balaban J connectivity index is 0.000000293. The molecule has 9 nitrogen and oxygen atoms in total. The third kappa shape index (κ3) is 9.03. The van der Waals surface area contributed by atoms with Crippen LogP contribution in [0.5, 0.6) is 0 Å². The van der Waals surface area contributed by atoms with Crippen molar-refractivity contribution in [1.82, 2.24) is 9.80 Å². The van der Waals surface area contributed by atoms with Gasteiger partial charge in [-0.3, -0.25) is 14.6 Å². The van der Waals surface area contributed by atoms with E-state index in [1.54, 1.807) is 25.7 Å². The van der Waals surface area contributed by atoms with Gasteiger partial charge in [0.25, 0.3) is 0 Å². The van der Waals surface area contributed by atoms with Crippen molar-refractivity contribution in [2.24, 2.45) is 0 Å². The number of ketones is 1. The predicted molar refractivity (Wildman–Crippen MR) is 144 cm³/mol. The SMILES string of the molecule is CC(C)(C)OC(=O)N1CCCC1C(=O)O.Cc1cccc(C)c1CC(=O)C1CCCN1C(=O)OC(C)(C)C. The molecular formula is C29H44N2O7. The lowest BCUT2D eigenvalue weighted by Gasteiger charge is -2.28. The molecule has 1 N–H and O–H groups in total. The highest BCUT2D eigenvalue weighted by molar-refractivity contribution is 5.90. The number of carboxylic acids is 1. The van der Waals surface area contributed by atoms with Gasteiger partial charge in [0.1, 0.15) is 17.2 Å². The smallest absolute Gasteiger partial charge is 0.411 e. The average Bonchev–Trinajstić information content (AvgIpc) is 3.44. The second-order valence-electron chi connectivity index (χ2n) is 12.0. The second-order valence-corrected chi connectivity index (χ2v) is 12.0. The minimum absolute atomic E-state index is 0.103. The second kappa shape index (κ2) is 12.6. The fraction of sp³-hybridized carbons (Fsp3) is 0.655. The Morgan fingerprint density at radius 2 is 1.24 bits per heavy atom. The van der Waals surface area contributed by atoms with Crippen LogP contribution in [-0.4, -0.2) is 75.2 Å². The third-order valence-corrected chi connectivity index (χ3v) is 6.41. The van der Waals surface area contributed by atoms with E-state index in [9.17, 15) is 19.2 Å². The van der Waals surface area contributed by atoms with Gasteiger partial charge in [-0.25, -0.2) is 14.4 Å². The van der Waals surface area contributed by atoms with E-state index in [4.69, 9.17) is 14.6 Å². The highest BCUT2D eigenvalue weighted by atomic mass is 16.6. The van der Waals surface area contributed by atoms with Gasteiger partial charge in [0.15, 0.2) is 5.78 Å². The summed E-state index contributed by atoms with van der Waals surface area (Å²) in [5.74, 6) is -0.857. The number of aliphatic carboxylic acids is 1. The van der Waals surface area contributed by atoms with Gasteiger partial charge < -0.3 is 14.6 Å². The van der Waals surface area contributed by atoms with Gasteiger partial charge in [-0.05, 0) is 97.8 Å². The van der Waals surface area contributed by atoms with Crippen molar-refractivity contribution < 1.29 is 33.8 Å². The minimum atomic E-state index is -0.960. The van der Waals surface area contributed by atoms with Crippen molar-refractivity contribution in [3.05, 3.63) is 34.9 Å². The number of likely N-dealkylation sites (tertiary alicyclic amines) is 2. The minimum Gasteiger partial charge on any atom is -0.480 e. The number of hydrogen-bond acceptors (Lipinski definition) is 6. The van der Waals surface area contributed by atoms with Crippen LogP contribution in [0.25, 0.3) is 0 Å². The van der Waals surface area contributed by atoms with Crippen LogP contribution in [0.1, 0.15) is 83.9 Å². The highest BCUT2D eigenvalue weighted by Gasteiger charge is 2.37. The summed E-state index contributed by atoms with van der Waals surface area (Å²) in [6, 6.07) is 4.97. The molecule has 2 saturated heterocycles. The molecule has 0 aliphatic carbocycles. The molecule has 9 heteroatoms. The number of ether oxygens (including phenoxy) is 2. The fourth-order valence-corrected chi connectivity index (χ4v) is 4.62. The van der Waals surface area contributed by atoms with Crippen LogP contribution in [0.2, 0.25) is 0 Å². The van der Waals surface area contributed by atoms with Crippen molar-refractivity contribution in [3.63, 3.8) is 0 Å². The van der Waals surface area contributed by atoms with Crippen LogP contribution >= 0.6 is 0 Å². The zero-order valence-electron chi connectivity index (χ0n) is 24.1. The number of carboxylic acid groups (broad SMARTS) is 1. The summed E-state index contributed by atoms with van der Waals surface area (Å²) in [4.78, 5) is 50.4. The Labute approximate surface area is 226 Å². The normalized spacial score (nSPS) is 19.5. The monoisotopic (exact) mass is 532 g/mol. The van der Waals surface area contributed by atoms with Crippen LogP contribution in [0, 0.1) is 13.8 Å². The molecule has 2 unspecified atom stereocenters. The van der Waals surface area contributed by atoms with Gasteiger partial charge in [0, 0.05) is 19.5 Å². The number of hydrogen-bond donors (Lipinski definition) is 1. The first-order valence-corrected chi connectivity index (χ1v) is 13.3. The first-order valence-electron chi connectivity index (χ1n) is 13.3. The van der Waals surface area contributed by atoms with E-state index in [-0.39, 0.29) is 17.9 Å². The summed E-state index contributed by atoms with van der Waals surface area (Å²) in [6.45, 7) is 15.9. The van der Waals surface area contributed by atoms with E-state index in [0.29, 0.717) is 25.9 Å². The van der Waals surface area contributed by atoms with Crippen molar-refractivity contribution in [3.8, 4) is 0 Å². The van der Waals surface area contributed by atoms with E-state index in [0.717, 1.165) is 36.0 Å². The number of carbonyl (C=O) groups excluding carboxylic acids is 3. The molecule has 2 heterocycles. The first-order chi connectivity index (χ1) is 17.5. The van der Waals surface area contributed by atoms with Crippen LogP contribution in [0.4, 0.5) is 9.59 Å². The van der Waals surface area contributed by atoms with Crippen molar-refractivity contribution in [2.75, 3.05) is 13.1 Å². The molecule has 2 aliphatic rings. The van der Waals surface area contributed by atoms with Gasteiger partial charge in [0.2, 0.25) is 0 Å². The molecule has 38 heavy (non-hydrogen) atoms. The molecular weight excluding hydrogens is 488 g/mol. The van der Waals surface area contributed by atoms with E-state index < -0.39 is 29.3 Å². The molecule has 1 aromatic rings. The number of nitrogens with zero attached hydrogens (tertiary/aromatic N) is 2. The molecule has 0 aromatic heterocycles. The molecule has 2 aliphatic heterocycles. The first kappa shape index (κ1) is 31.1. The van der Waals surface area contributed by atoms with Crippen molar-refractivity contribution >= 4 is 23.9 Å². The summed E-state index contributed by atoms with van der Waals surface area (Å²) < 4.78 is 10.6. The summed E-state index contributed by atoms with van der Waals surface area (Å²) in [5, 5.41) is 8.88. The van der Waals surface area contributed by atoms with Gasteiger partial charge in [0.05, 0.1) is 6.04 Å². The number of rotatable bonds is 4.